The van der Waals surface area contributed by atoms with Crippen molar-refractivity contribution >= 4 is 6.41 Å². The van der Waals surface area contributed by atoms with E-state index in [0.717, 1.165) is 17.5 Å². The number of hydrogen-bond acceptors (Lipinski definition) is 1. The molecule has 0 aliphatic heterocycles. The van der Waals surface area contributed by atoms with E-state index < -0.39 is 0 Å². The maximum Gasteiger partial charge on any atom is 0.210 e. The summed E-state index contributed by atoms with van der Waals surface area (Å²) in [6.45, 7) is 4.43. The quantitative estimate of drug-likeness (QED) is 0.567. The van der Waals surface area contributed by atoms with Gasteiger partial charge in [0.15, 0.2) is 0 Å². The van der Waals surface area contributed by atoms with E-state index in [1.807, 2.05) is 60.7 Å². The zero-order valence-corrected chi connectivity index (χ0v) is 10.8. The lowest BCUT2D eigenvalue weighted by Crippen LogP contribution is -2.25. The fourth-order valence-corrected chi connectivity index (χ4v) is 2.11. The van der Waals surface area contributed by atoms with Crippen molar-refractivity contribution < 1.29 is 4.79 Å². The van der Waals surface area contributed by atoms with E-state index in [4.69, 9.17) is 0 Å². The number of carbonyl (C=O) groups excluding carboxylic acids is 1. The zero-order valence-electron chi connectivity index (χ0n) is 10.8. The van der Waals surface area contributed by atoms with Crippen molar-refractivity contribution in [2.45, 2.75) is 12.6 Å². The van der Waals surface area contributed by atoms with Crippen LogP contribution in [0.15, 0.2) is 73.3 Å². The van der Waals surface area contributed by atoms with E-state index in [1.165, 1.54) is 0 Å². The lowest BCUT2D eigenvalue weighted by atomic mass is 10.1. The molecule has 1 atom stereocenters. The van der Waals surface area contributed by atoms with Crippen LogP contribution >= 0.6 is 0 Å². The molecule has 0 aliphatic rings. The van der Waals surface area contributed by atoms with Crippen molar-refractivity contribution in [1.82, 2.24) is 4.90 Å². The molecule has 1 amide bonds. The molecule has 0 saturated carbocycles. The molecule has 0 N–H and O–H groups in total. The Morgan fingerprint density at radius 2 is 1.58 bits per heavy atom. The smallest absolute Gasteiger partial charge is 0.210 e. The number of nitrogens with zero attached hydrogens (tertiary/aromatic N) is 1. The van der Waals surface area contributed by atoms with Crippen molar-refractivity contribution in [2.75, 3.05) is 0 Å². The summed E-state index contributed by atoms with van der Waals surface area (Å²) in [4.78, 5) is 13.1. The fourth-order valence-electron chi connectivity index (χ4n) is 2.11. The van der Waals surface area contributed by atoms with Gasteiger partial charge in [-0.25, -0.2) is 0 Å². The molecular formula is C17H17NO. The number of hydrogen-bond donors (Lipinski definition) is 0. The topological polar surface area (TPSA) is 20.3 Å². The van der Waals surface area contributed by atoms with Gasteiger partial charge in [0.05, 0.1) is 6.04 Å². The second-order valence-electron chi connectivity index (χ2n) is 4.35. The third-order valence-corrected chi connectivity index (χ3v) is 3.07. The predicted octanol–water partition coefficient (Wildman–Crippen LogP) is 3.57. The Hall–Kier alpha value is -2.35. The van der Waals surface area contributed by atoms with Crippen LogP contribution in [0.5, 0.6) is 0 Å². The SMILES string of the molecule is C=C[C@H](c1ccccc1)N(C=O)Cc1ccccc1. The minimum atomic E-state index is -0.0982. The Morgan fingerprint density at radius 3 is 2.11 bits per heavy atom. The molecule has 0 saturated heterocycles. The number of benzene rings is 2. The maximum atomic E-state index is 11.4. The van der Waals surface area contributed by atoms with E-state index in [9.17, 15) is 4.79 Å². The Morgan fingerprint density at radius 1 is 1.00 bits per heavy atom. The molecule has 0 aromatic heterocycles. The van der Waals surface area contributed by atoms with Crippen LogP contribution in [0.25, 0.3) is 0 Å². The molecule has 2 rings (SSSR count). The lowest BCUT2D eigenvalue weighted by molar-refractivity contribution is -0.120. The van der Waals surface area contributed by atoms with Gasteiger partial charge in [-0.05, 0) is 11.1 Å². The van der Waals surface area contributed by atoms with Crippen molar-refractivity contribution in [3.8, 4) is 0 Å². The molecule has 0 spiro atoms. The summed E-state index contributed by atoms with van der Waals surface area (Å²) in [5.41, 5.74) is 2.18. The highest BCUT2D eigenvalue weighted by Gasteiger charge is 2.15. The molecule has 96 valence electrons. The van der Waals surface area contributed by atoms with Crippen LogP contribution in [0, 0.1) is 0 Å². The van der Waals surface area contributed by atoms with E-state index in [-0.39, 0.29) is 6.04 Å². The van der Waals surface area contributed by atoms with Crippen LogP contribution in [0.2, 0.25) is 0 Å². The van der Waals surface area contributed by atoms with Crippen LogP contribution in [0.4, 0.5) is 0 Å². The molecule has 19 heavy (non-hydrogen) atoms. The van der Waals surface area contributed by atoms with E-state index in [2.05, 4.69) is 6.58 Å². The normalized spacial score (nSPS) is 11.6. The molecule has 0 heterocycles. The summed E-state index contributed by atoms with van der Waals surface area (Å²) in [7, 11) is 0. The summed E-state index contributed by atoms with van der Waals surface area (Å²) >= 11 is 0. The Labute approximate surface area is 114 Å². The third-order valence-electron chi connectivity index (χ3n) is 3.07. The van der Waals surface area contributed by atoms with Crippen molar-refractivity contribution in [3.05, 3.63) is 84.4 Å². The van der Waals surface area contributed by atoms with Crippen LogP contribution in [-0.4, -0.2) is 11.3 Å². The van der Waals surface area contributed by atoms with Crippen molar-refractivity contribution in [3.63, 3.8) is 0 Å². The summed E-state index contributed by atoms with van der Waals surface area (Å²) < 4.78 is 0. The molecular weight excluding hydrogens is 234 g/mol. The van der Waals surface area contributed by atoms with Crippen molar-refractivity contribution in [1.29, 1.82) is 0 Å². The lowest BCUT2D eigenvalue weighted by Gasteiger charge is -2.26. The standard InChI is InChI=1S/C17H17NO/c1-2-17(16-11-7-4-8-12-16)18(14-19)13-15-9-5-3-6-10-15/h2-12,14,17H,1,13H2/t17-/m1/s1. The average molecular weight is 251 g/mol. The van der Waals surface area contributed by atoms with Gasteiger partial charge in [-0.3, -0.25) is 4.79 Å². The number of rotatable bonds is 6. The van der Waals surface area contributed by atoms with Gasteiger partial charge >= 0.3 is 0 Å². The largest absolute Gasteiger partial charge is 0.330 e. The summed E-state index contributed by atoms with van der Waals surface area (Å²) in [6, 6.07) is 19.8. The fraction of sp³-hybridized carbons (Fsp3) is 0.118. The minimum Gasteiger partial charge on any atom is -0.330 e. The second-order valence-corrected chi connectivity index (χ2v) is 4.35. The predicted molar refractivity (Wildman–Crippen MR) is 77.4 cm³/mol. The second kappa shape index (κ2) is 6.55. The van der Waals surface area contributed by atoms with Gasteiger partial charge in [-0.1, -0.05) is 66.7 Å². The highest BCUT2D eigenvalue weighted by Crippen LogP contribution is 2.22. The first-order valence-corrected chi connectivity index (χ1v) is 6.27. The summed E-state index contributed by atoms with van der Waals surface area (Å²) in [6.07, 6.45) is 2.68. The molecule has 2 aromatic carbocycles. The molecule has 2 heteroatoms. The zero-order chi connectivity index (χ0) is 13.5. The molecule has 0 fully saturated rings. The molecule has 2 aromatic rings. The molecule has 0 unspecified atom stereocenters. The van der Waals surface area contributed by atoms with Gasteiger partial charge in [0.2, 0.25) is 6.41 Å². The number of amides is 1. The van der Waals surface area contributed by atoms with Crippen LogP contribution in [0.1, 0.15) is 17.2 Å². The van der Waals surface area contributed by atoms with E-state index >= 15 is 0 Å². The molecule has 2 nitrogen and oxygen atoms in total. The molecule has 0 radical (unpaired) electrons. The van der Waals surface area contributed by atoms with Gasteiger partial charge in [0, 0.05) is 6.54 Å². The summed E-state index contributed by atoms with van der Waals surface area (Å²) in [5.74, 6) is 0. The molecule has 0 aliphatic carbocycles. The first kappa shape index (κ1) is 13.1. The Bertz CT molecular complexity index is 521. The van der Waals surface area contributed by atoms with Crippen molar-refractivity contribution in [2.24, 2.45) is 0 Å². The highest BCUT2D eigenvalue weighted by atomic mass is 16.1. The average Bonchev–Trinajstić information content (AvgIpc) is 2.49. The first-order valence-electron chi connectivity index (χ1n) is 6.27. The monoisotopic (exact) mass is 251 g/mol. The van der Waals surface area contributed by atoms with E-state index in [1.54, 1.807) is 11.0 Å². The third kappa shape index (κ3) is 3.32. The van der Waals surface area contributed by atoms with E-state index in [0.29, 0.717) is 6.54 Å². The molecule has 0 bridgehead atoms. The first-order chi connectivity index (χ1) is 9.35. The Kier molecular flexibility index (Phi) is 4.51. The number of carbonyl (C=O) groups is 1. The van der Waals surface area contributed by atoms with Crippen LogP contribution in [-0.2, 0) is 11.3 Å². The summed E-state index contributed by atoms with van der Waals surface area (Å²) in [5, 5.41) is 0. The maximum absolute atomic E-state index is 11.4. The Balaban J connectivity index is 2.20. The van der Waals surface area contributed by atoms with Crippen LogP contribution in [0.3, 0.4) is 0 Å². The highest BCUT2D eigenvalue weighted by molar-refractivity contribution is 5.50. The van der Waals surface area contributed by atoms with Crippen LogP contribution < -0.4 is 0 Å². The minimum absolute atomic E-state index is 0.0982. The van der Waals surface area contributed by atoms with Gasteiger partial charge in [-0.15, -0.1) is 6.58 Å². The van der Waals surface area contributed by atoms with Gasteiger partial charge in [-0.2, -0.15) is 0 Å². The van der Waals surface area contributed by atoms with Gasteiger partial charge < -0.3 is 4.90 Å². The van der Waals surface area contributed by atoms with Gasteiger partial charge in [0.1, 0.15) is 0 Å². The van der Waals surface area contributed by atoms with Gasteiger partial charge in [0.25, 0.3) is 0 Å².